The van der Waals surface area contributed by atoms with Gasteiger partial charge in [0.1, 0.15) is 19.3 Å². The van der Waals surface area contributed by atoms with Gasteiger partial charge in [0.2, 0.25) is 0 Å². The van der Waals surface area contributed by atoms with Gasteiger partial charge in [-0.2, -0.15) is 0 Å². The van der Waals surface area contributed by atoms with Gasteiger partial charge in [-0.25, -0.2) is 0 Å². The van der Waals surface area contributed by atoms with E-state index in [1.807, 2.05) is 0 Å². The van der Waals surface area contributed by atoms with Crippen molar-refractivity contribution in [2.75, 3.05) is 0 Å². The predicted octanol–water partition coefficient (Wildman–Crippen LogP) is -1.85. The smallest absolute Gasteiger partial charge is 1.00 e. The second kappa shape index (κ2) is 13.4. The number of carbonyl (C=O) groups is 6. The van der Waals surface area contributed by atoms with E-state index in [0.29, 0.717) is 0 Å². The fourth-order valence-electron chi connectivity index (χ4n) is 0.763. The zero-order valence-electron chi connectivity index (χ0n) is 14.7. The molecule has 0 aliphatic heterocycles. The first-order chi connectivity index (χ1) is 8.70. The Bertz CT molecular complexity index is 420. The van der Waals surface area contributed by atoms with E-state index in [1.54, 1.807) is 0 Å². The Balaban J connectivity index is -0.000000108. The Morgan fingerprint density at radius 1 is 0.619 bits per heavy atom. The molecule has 0 spiro atoms. The van der Waals surface area contributed by atoms with E-state index >= 15 is 0 Å². The first-order valence-corrected chi connectivity index (χ1v) is 4.61. The van der Waals surface area contributed by atoms with Gasteiger partial charge in [-0.15, -0.1) is 0 Å². The minimum Gasteiger partial charge on any atom is -1.00 e. The summed E-state index contributed by atoms with van der Waals surface area (Å²) in [5.41, 5.74) is 0. The average molecular weight is 360 g/mol. The summed E-state index contributed by atoms with van der Waals surface area (Å²) in [6.45, 7) is 0. The van der Waals surface area contributed by atoms with Crippen molar-refractivity contribution in [1.82, 2.24) is 0 Å². The Morgan fingerprint density at radius 3 is 1.10 bits per heavy atom. The van der Waals surface area contributed by atoms with Gasteiger partial charge in [-0.05, 0) is 0 Å². The largest absolute Gasteiger partial charge is 2.00 e. The van der Waals surface area contributed by atoms with E-state index in [0.717, 1.165) is 0 Å². The third-order valence-electron chi connectivity index (χ3n) is 1.34. The van der Waals surface area contributed by atoms with E-state index in [-0.39, 0.29) is 81.2 Å². The van der Waals surface area contributed by atoms with Gasteiger partial charge in [0.05, 0.1) is 0 Å². The van der Waals surface area contributed by atoms with Crippen LogP contribution >= 0.6 is 0 Å². The Hall–Kier alpha value is -0.261. The summed E-state index contributed by atoms with van der Waals surface area (Å²) in [6, 6.07) is 0. The average Bonchev–Trinajstić information content (AvgIpc) is 2.12. The number of esters is 4. The van der Waals surface area contributed by atoms with Crippen LogP contribution in [-0.2, 0) is 38.2 Å². The van der Waals surface area contributed by atoms with Crippen LogP contribution < -0.4 is 0 Å². The van der Waals surface area contributed by atoms with Crippen LogP contribution in [0.5, 0.6) is 0 Å². The van der Waals surface area contributed by atoms with Gasteiger partial charge in [0, 0.05) is 0 Å². The van der Waals surface area contributed by atoms with Crippen LogP contribution in [0.2, 0.25) is 0 Å². The number of hydrogen-bond acceptors (Lipinski definition) is 8. The van der Waals surface area contributed by atoms with Crippen molar-refractivity contribution in [3.63, 3.8) is 0 Å². The quantitative estimate of drug-likeness (QED) is 0.312. The molecule has 21 heavy (non-hydrogen) atoms. The Labute approximate surface area is 183 Å². The maximum Gasteiger partial charge on any atom is 2.00 e. The monoisotopic (exact) mass is 360 g/mol. The minimum absolute atomic E-state index is 0. The van der Waals surface area contributed by atoms with Crippen LogP contribution in [0.15, 0.2) is 0 Å². The molecule has 0 aliphatic carbocycles. The first-order valence-electron chi connectivity index (χ1n) is 4.61. The summed E-state index contributed by atoms with van der Waals surface area (Å²) in [4.78, 5) is 63.3. The second-order valence-electron chi connectivity index (χ2n) is 3.01. The second-order valence-corrected chi connectivity index (χ2v) is 3.01. The van der Waals surface area contributed by atoms with Gasteiger partial charge < -0.3 is 25.4 Å². The van der Waals surface area contributed by atoms with Crippen LogP contribution in [0.1, 0.15) is 25.0 Å². The molecule has 0 saturated heterocycles. The molecular formula is C9H12Ca2O10. The van der Waals surface area contributed by atoms with Crippen molar-refractivity contribution in [2.24, 2.45) is 0 Å². The third-order valence-corrected chi connectivity index (χ3v) is 1.34. The Kier molecular flexibility index (Phi) is 16.4. The molecule has 0 aromatic heterocycles. The number of hydrogen-bond donors (Lipinski definition) is 2. The predicted molar refractivity (Wildman–Crippen MR) is 67.3 cm³/mol. The maximum absolute atomic E-state index is 10.9. The van der Waals surface area contributed by atoms with Crippen molar-refractivity contribution in [3.8, 4) is 0 Å². The summed E-state index contributed by atoms with van der Waals surface area (Å²) in [5.74, 6) is -8.67. The van der Waals surface area contributed by atoms with Crippen molar-refractivity contribution in [1.29, 1.82) is 0 Å². The Morgan fingerprint density at radius 2 is 0.857 bits per heavy atom. The standard InChI is InChI=1S/C9H8O10.2Ca.4H/c10-4(11)1-6(14)18-8(16)3-9(17)19-7(15)2-5(12)13;;;;;;/h1-3H2,(H,10,11)(H,12,13);;;;;;/q;2*+2;4*-1. The molecule has 2 N–H and O–H groups in total. The molecule has 0 atom stereocenters. The SMILES string of the molecule is O=C(O)CC(=O)OC(=O)CC(=O)OC(=O)CC(=O)O.[Ca+2].[Ca+2].[H-].[H-].[H-].[H-]. The number of rotatable bonds is 6. The molecule has 0 saturated carbocycles. The first kappa shape index (κ1) is 25.7. The molecule has 112 valence electrons. The van der Waals surface area contributed by atoms with Crippen LogP contribution in [0.4, 0.5) is 0 Å². The van der Waals surface area contributed by atoms with E-state index in [4.69, 9.17) is 10.2 Å². The van der Waals surface area contributed by atoms with Crippen LogP contribution in [0, 0.1) is 0 Å². The number of carbonyl (C=O) groups excluding carboxylic acids is 4. The van der Waals surface area contributed by atoms with Gasteiger partial charge >= 0.3 is 111 Å². The van der Waals surface area contributed by atoms with E-state index in [2.05, 4.69) is 9.47 Å². The van der Waals surface area contributed by atoms with Crippen molar-refractivity contribution in [2.45, 2.75) is 19.3 Å². The molecule has 0 aromatic rings. The maximum atomic E-state index is 10.9. The van der Waals surface area contributed by atoms with Gasteiger partial charge in [0.15, 0.2) is 0 Å². The fourth-order valence-corrected chi connectivity index (χ4v) is 0.763. The van der Waals surface area contributed by atoms with E-state index < -0.39 is 55.1 Å². The molecule has 0 heterocycles. The minimum atomic E-state index is -1.53. The number of aliphatic carboxylic acids is 2. The normalized spacial score (nSPS) is 8.38. The van der Waals surface area contributed by atoms with Crippen molar-refractivity contribution >= 4 is 111 Å². The van der Waals surface area contributed by atoms with Crippen molar-refractivity contribution in [3.05, 3.63) is 0 Å². The number of carboxylic acid groups (broad SMARTS) is 2. The van der Waals surface area contributed by atoms with Gasteiger partial charge in [0.25, 0.3) is 0 Å². The molecule has 0 radical (unpaired) electrons. The zero-order chi connectivity index (χ0) is 15.0. The molecule has 0 amide bonds. The molecule has 12 heteroatoms. The summed E-state index contributed by atoms with van der Waals surface area (Å²) >= 11 is 0. The summed E-state index contributed by atoms with van der Waals surface area (Å²) in [5, 5.41) is 16.4. The number of ether oxygens (including phenoxy) is 2. The van der Waals surface area contributed by atoms with Crippen molar-refractivity contribution < 1.29 is 54.2 Å². The molecule has 0 bridgehead atoms. The van der Waals surface area contributed by atoms with Gasteiger partial charge in [-0.3, -0.25) is 28.8 Å². The molecule has 0 fully saturated rings. The van der Waals surface area contributed by atoms with E-state index in [9.17, 15) is 28.8 Å². The number of carboxylic acids is 2. The van der Waals surface area contributed by atoms with E-state index in [1.165, 1.54) is 0 Å². The van der Waals surface area contributed by atoms with Crippen LogP contribution in [0.25, 0.3) is 0 Å². The van der Waals surface area contributed by atoms with Crippen LogP contribution in [-0.4, -0.2) is 122 Å². The molecule has 0 aliphatic rings. The molecule has 0 unspecified atom stereocenters. The zero-order valence-corrected chi connectivity index (χ0v) is 15.1. The molecule has 0 aromatic carbocycles. The van der Waals surface area contributed by atoms with Gasteiger partial charge in [-0.1, -0.05) is 0 Å². The third kappa shape index (κ3) is 15.9. The molecule has 0 rings (SSSR count). The topological polar surface area (TPSA) is 161 Å². The van der Waals surface area contributed by atoms with Crippen LogP contribution in [0.3, 0.4) is 0 Å². The summed E-state index contributed by atoms with van der Waals surface area (Å²) in [6.07, 6.45) is -3.27. The summed E-state index contributed by atoms with van der Waals surface area (Å²) < 4.78 is 7.81. The molecule has 10 nitrogen and oxygen atoms in total. The summed E-state index contributed by atoms with van der Waals surface area (Å²) in [7, 11) is 0. The fraction of sp³-hybridized carbons (Fsp3) is 0.333. The molecular weight excluding hydrogens is 348 g/mol.